The largest absolute Gasteiger partial charge is 0.363 e. The van der Waals surface area contributed by atoms with Crippen molar-refractivity contribution in [2.24, 2.45) is 0 Å². The number of hydrogen-bond acceptors (Lipinski definition) is 3. The number of benzene rings is 1. The maximum absolute atomic E-state index is 12.7. The monoisotopic (exact) mass is 323 g/mol. The minimum absolute atomic E-state index is 0.0351. The number of halogens is 2. The topological polar surface area (TPSA) is 46.6 Å². The van der Waals surface area contributed by atoms with Crippen molar-refractivity contribution in [3.8, 4) is 0 Å². The van der Waals surface area contributed by atoms with Crippen LogP contribution in [0.25, 0.3) is 0 Å². The Bertz CT molecular complexity index is 614. The van der Waals surface area contributed by atoms with Crippen LogP contribution in [0.2, 0.25) is 10.0 Å². The molecule has 1 aliphatic heterocycles. The lowest BCUT2D eigenvalue weighted by Crippen LogP contribution is -2.44. The van der Waals surface area contributed by atoms with Crippen molar-refractivity contribution in [1.82, 2.24) is 4.31 Å². The van der Waals surface area contributed by atoms with E-state index < -0.39 is 15.6 Å². The fraction of sp³-hybridized carbons (Fsp3) is 0.500. The van der Waals surface area contributed by atoms with Gasteiger partial charge in [-0.15, -0.1) is 0 Å². The Hall–Kier alpha value is -0.330. The Morgan fingerprint density at radius 1 is 1.26 bits per heavy atom. The van der Waals surface area contributed by atoms with Crippen LogP contribution in [-0.2, 0) is 14.8 Å². The SMILES string of the molecule is Cc1cc(S(=O)(=O)N2COCC2(C)C)c(Cl)cc1Cl. The molecule has 7 heteroatoms. The predicted molar refractivity (Wildman–Crippen MR) is 75.1 cm³/mol. The third kappa shape index (κ3) is 2.62. The summed E-state index contributed by atoms with van der Waals surface area (Å²) in [5.74, 6) is 0. The zero-order valence-corrected chi connectivity index (χ0v) is 13.2. The highest BCUT2D eigenvalue weighted by atomic mass is 35.5. The van der Waals surface area contributed by atoms with Crippen LogP contribution in [0.15, 0.2) is 17.0 Å². The molecule has 0 bridgehead atoms. The van der Waals surface area contributed by atoms with Crippen LogP contribution >= 0.6 is 23.2 Å². The van der Waals surface area contributed by atoms with Gasteiger partial charge in [0.15, 0.2) is 0 Å². The third-order valence-corrected chi connectivity index (χ3v) is 6.03. The van der Waals surface area contributed by atoms with Crippen LogP contribution in [0.5, 0.6) is 0 Å². The summed E-state index contributed by atoms with van der Waals surface area (Å²) in [6.07, 6.45) is 0. The molecular weight excluding hydrogens is 309 g/mol. The molecule has 106 valence electrons. The van der Waals surface area contributed by atoms with Crippen molar-refractivity contribution >= 4 is 33.2 Å². The molecule has 0 spiro atoms. The van der Waals surface area contributed by atoms with E-state index >= 15 is 0 Å². The van der Waals surface area contributed by atoms with Crippen LogP contribution in [0.1, 0.15) is 19.4 Å². The minimum Gasteiger partial charge on any atom is -0.363 e. The van der Waals surface area contributed by atoms with Crippen molar-refractivity contribution < 1.29 is 13.2 Å². The molecule has 2 rings (SSSR count). The summed E-state index contributed by atoms with van der Waals surface area (Å²) in [5, 5.41) is 0.569. The van der Waals surface area contributed by atoms with Crippen molar-refractivity contribution in [3.05, 3.63) is 27.7 Å². The summed E-state index contributed by atoms with van der Waals surface area (Å²) in [6.45, 7) is 5.76. The molecule has 4 nitrogen and oxygen atoms in total. The standard InChI is InChI=1S/C12H15Cl2NO3S/c1-8-4-11(10(14)5-9(8)13)19(16,17)15-7-18-6-12(15,2)3/h4-5H,6-7H2,1-3H3. The quantitative estimate of drug-likeness (QED) is 0.840. The van der Waals surface area contributed by atoms with E-state index in [1.807, 2.05) is 13.8 Å². The fourth-order valence-electron chi connectivity index (χ4n) is 1.97. The van der Waals surface area contributed by atoms with Crippen LogP contribution in [0.4, 0.5) is 0 Å². The highest BCUT2D eigenvalue weighted by Gasteiger charge is 2.42. The highest BCUT2D eigenvalue weighted by Crippen LogP contribution is 2.34. The molecule has 1 fully saturated rings. The van der Waals surface area contributed by atoms with Crippen LogP contribution in [-0.4, -0.2) is 31.6 Å². The summed E-state index contributed by atoms with van der Waals surface area (Å²) < 4.78 is 31.9. The number of aryl methyl sites for hydroxylation is 1. The Kier molecular flexibility index (Phi) is 3.88. The van der Waals surface area contributed by atoms with Gasteiger partial charge in [-0.05, 0) is 38.5 Å². The van der Waals surface area contributed by atoms with Gasteiger partial charge >= 0.3 is 0 Å². The number of rotatable bonds is 2. The molecule has 1 heterocycles. The third-order valence-electron chi connectivity index (χ3n) is 3.12. The van der Waals surface area contributed by atoms with Crippen molar-refractivity contribution in [3.63, 3.8) is 0 Å². The van der Waals surface area contributed by atoms with E-state index in [0.29, 0.717) is 17.2 Å². The maximum Gasteiger partial charge on any atom is 0.247 e. The lowest BCUT2D eigenvalue weighted by atomic mass is 10.1. The van der Waals surface area contributed by atoms with Gasteiger partial charge in [0, 0.05) is 5.02 Å². The second-order valence-corrected chi connectivity index (χ2v) is 7.82. The van der Waals surface area contributed by atoms with Gasteiger partial charge in [-0.3, -0.25) is 0 Å². The fourth-order valence-corrected chi connectivity index (χ4v) is 4.43. The average molecular weight is 324 g/mol. The second kappa shape index (κ2) is 4.90. The molecule has 19 heavy (non-hydrogen) atoms. The summed E-state index contributed by atoms with van der Waals surface area (Å²) in [7, 11) is -3.70. The molecule has 0 aromatic heterocycles. The first kappa shape index (κ1) is 15.1. The summed E-state index contributed by atoms with van der Waals surface area (Å²) >= 11 is 12.0. The lowest BCUT2D eigenvalue weighted by molar-refractivity contribution is 0.171. The molecule has 0 saturated carbocycles. The van der Waals surface area contributed by atoms with Crippen LogP contribution in [0, 0.1) is 6.92 Å². The summed E-state index contributed by atoms with van der Waals surface area (Å²) in [6, 6.07) is 2.95. The van der Waals surface area contributed by atoms with Crippen molar-refractivity contribution in [2.45, 2.75) is 31.2 Å². The molecule has 1 aromatic carbocycles. The number of hydrogen-bond donors (Lipinski definition) is 0. The first-order valence-corrected chi connectivity index (χ1v) is 7.92. The van der Waals surface area contributed by atoms with E-state index in [9.17, 15) is 8.42 Å². The zero-order chi connectivity index (χ0) is 14.4. The summed E-state index contributed by atoms with van der Waals surface area (Å²) in [5.41, 5.74) is 0.0814. The molecule has 0 aliphatic carbocycles. The minimum atomic E-state index is -3.70. The Balaban J connectivity index is 2.55. The molecule has 0 unspecified atom stereocenters. The van der Waals surface area contributed by atoms with Gasteiger partial charge in [0.1, 0.15) is 11.6 Å². The first-order valence-electron chi connectivity index (χ1n) is 5.72. The van der Waals surface area contributed by atoms with E-state index in [2.05, 4.69) is 0 Å². The molecule has 1 aliphatic rings. The maximum atomic E-state index is 12.7. The Labute approximate surface area is 123 Å². The average Bonchev–Trinajstić information content (AvgIpc) is 2.63. The molecule has 1 saturated heterocycles. The Morgan fingerprint density at radius 2 is 1.89 bits per heavy atom. The molecular formula is C12H15Cl2NO3S. The van der Waals surface area contributed by atoms with Gasteiger partial charge < -0.3 is 4.74 Å². The van der Waals surface area contributed by atoms with E-state index in [-0.39, 0.29) is 16.6 Å². The van der Waals surface area contributed by atoms with Crippen LogP contribution in [0.3, 0.4) is 0 Å². The van der Waals surface area contributed by atoms with E-state index in [1.54, 1.807) is 6.92 Å². The molecule has 0 atom stereocenters. The number of nitrogens with zero attached hydrogens (tertiary/aromatic N) is 1. The zero-order valence-electron chi connectivity index (χ0n) is 10.9. The number of sulfonamides is 1. The molecule has 0 amide bonds. The van der Waals surface area contributed by atoms with Gasteiger partial charge in [-0.25, -0.2) is 8.42 Å². The Morgan fingerprint density at radius 3 is 2.42 bits per heavy atom. The van der Waals surface area contributed by atoms with Crippen LogP contribution < -0.4 is 0 Å². The van der Waals surface area contributed by atoms with Gasteiger partial charge in [-0.1, -0.05) is 23.2 Å². The second-order valence-electron chi connectivity index (χ2n) is 5.18. The predicted octanol–water partition coefficient (Wildman–Crippen LogP) is 3.06. The smallest absolute Gasteiger partial charge is 0.247 e. The molecule has 0 N–H and O–H groups in total. The van der Waals surface area contributed by atoms with Gasteiger partial charge in [0.05, 0.1) is 17.2 Å². The normalized spacial score (nSPS) is 19.8. The highest BCUT2D eigenvalue weighted by molar-refractivity contribution is 7.89. The van der Waals surface area contributed by atoms with Gasteiger partial charge in [-0.2, -0.15) is 4.31 Å². The van der Waals surface area contributed by atoms with Crippen molar-refractivity contribution in [2.75, 3.05) is 13.3 Å². The lowest BCUT2D eigenvalue weighted by Gasteiger charge is -2.28. The number of ether oxygens (including phenoxy) is 1. The molecule has 0 radical (unpaired) electrons. The van der Waals surface area contributed by atoms with E-state index in [4.69, 9.17) is 27.9 Å². The molecule has 1 aromatic rings. The van der Waals surface area contributed by atoms with E-state index in [0.717, 1.165) is 0 Å². The van der Waals surface area contributed by atoms with Gasteiger partial charge in [0.2, 0.25) is 10.0 Å². The summed E-state index contributed by atoms with van der Waals surface area (Å²) in [4.78, 5) is 0.0645. The van der Waals surface area contributed by atoms with Gasteiger partial charge in [0.25, 0.3) is 0 Å². The van der Waals surface area contributed by atoms with E-state index in [1.165, 1.54) is 16.4 Å². The first-order chi connectivity index (χ1) is 8.66. The van der Waals surface area contributed by atoms with Crippen molar-refractivity contribution in [1.29, 1.82) is 0 Å².